The first-order valence-electron chi connectivity index (χ1n) is 7.10. The minimum Gasteiger partial charge on any atom is -0.466 e. The number of nitro benzene ring substituents is 1. The van der Waals surface area contributed by atoms with E-state index in [9.17, 15) is 25.0 Å². The lowest BCUT2D eigenvalue weighted by Gasteiger charge is -2.15. The van der Waals surface area contributed by atoms with Crippen LogP contribution >= 0.6 is 0 Å². The Morgan fingerprint density at radius 3 is 2.84 bits per heavy atom. The van der Waals surface area contributed by atoms with Crippen LogP contribution in [-0.4, -0.2) is 53.6 Å². The number of non-ortho nitro benzene ring substituents is 1. The fourth-order valence-corrected chi connectivity index (χ4v) is 2.33. The Bertz CT molecular complexity index is 811. The number of benzene rings is 1. The number of amides is 1. The Hall–Kier alpha value is -3.45. The van der Waals surface area contributed by atoms with E-state index in [1.165, 1.54) is 24.1 Å². The van der Waals surface area contributed by atoms with Crippen molar-refractivity contribution in [3.05, 3.63) is 45.1 Å². The molecule has 2 rings (SSSR count). The molecule has 0 bridgehead atoms. The van der Waals surface area contributed by atoms with Crippen LogP contribution in [0.1, 0.15) is 5.56 Å². The predicted molar refractivity (Wildman–Crippen MR) is 84.1 cm³/mol. The zero-order chi connectivity index (χ0) is 18.6. The van der Waals surface area contributed by atoms with Crippen LogP contribution < -0.4 is 5.32 Å². The molecular weight excluding hydrogens is 332 g/mol. The van der Waals surface area contributed by atoms with Crippen molar-refractivity contribution in [2.75, 3.05) is 32.1 Å². The monoisotopic (exact) mass is 346 g/mol. The molecule has 0 unspecified atom stereocenters. The summed E-state index contributed by atoms with van der Waals surface area (Å²) >= 11 is 0. The number of anilines is 1. The third-order valence-corrected chi connectivity index (χ3v) is 3.55. The van der Waals surface area contributed by atoms with Gasteiger partial charge in [0, 0.05) is 18.7 Å². The molecule has 25 heavy (non-hydrogen) atoms. The molecule has 1 aromatic carbocycles. The van der Waals surface area contributed by atoms with E-state index in [0.717, 1.165) is 6.07 Å². The van der Waals surface area contributed by atoms with E-state index in [2.05, 4.69) is 10.1 Å². The van der Waals surface area contributed by atoms with Crippen molar-refractivity contribution in [3.63, 3.8) is 0 Å². The molecule has 0 aromatic heterocycles. The fourth-order valence-electron chi connectivity index (χ4n) is 2.33. The molecule has 1 aromatic rings. The van der Waals surface area contributed by atoms with Crippen molar-refractivity contribution < 1.29 is 24.4 Å². The topological polar surface area (TPSA) is 146 Å². The largest absolute Gasteiger partial charge is 0.466 e. The summed E-state index contributed by atoms with van der Waals surface area (Å²) < 4.78 is 4.65. The lowest BCUT2D eigenvalue weighted by Crippen LogP contribution is -2.31. The number of hydrogen-bond acceptors (Lipinski definition) is 8. The van der Waals surface area contributed by atoms with E-state index in [1.54, 1.807) is 6.07 Å². The Morgan fingerprint density at radius 1 is 1.56 bits per heavy atom. The van der Waals surface area contributed by atoms with Crippen molar-refractivity contribution in [2.24, 2.45) is 0 Å². The highest BCUT2D eigenvalue weighted by atomic mass is 16.6. The SMILES string of the molecule is COC(=O)C1=C(Nc2ccc([N+](=O)[O-])cc2C#N)C(=O)N(CCO)C1. The van der Waals surface area contributed by atoms with Gasteiger partial charge in [-0.25, -0.2) is 4.79 Å². The van der Waals surface area contributed by atoms with E-state index in [0.29, 0.717) is 0 Å². The summed E-state index contributed by atoms with van der Waals surface area (Å²) in [7, 11) is 1.17. The molecule has 1 aliphatic rings. The van der Waals surface area contributed by atoms with Crippen molar-refractivity contribution in [1.82, 2.24) is 4.90 Å². The van der Waals surface area contributed by atoms with Crippen molar-refractivity contribution >= 4 is 23.3 Å². The number of esters is 1. The maximum atomic E-state index is 12.4. The van der Waals surface area contributed by atoms with Gasteiger partial charge in [-0.2, -0.15) is 5.26 Å². The van der Waals surface area contributed by atoms with Gasteiger partial charge in [-0.1, -0.05) is 0 Å². The van der Waals surface area contributed by atoms with Gasteiger partial charge in [0.2, 0.25) is 0 Å². The van der Waals surface area contributed by atoms with Crippen LogP contribution in [0.4, 0.5) is 11.4 Å². The van der Waals surface area contributed by atoms with Crippen LogP contribution in [0.3, 0.4) is 0 Å². The first-order chi connectivity index (χ1) is 11.9. The second-order valence-electron chi connectivity index (χ2n) is 5.02. The average Bonchev–Trinajstić information content (AvgIpc) is 2.91. The molecule has 0 saturated carbocycles. The quantitative estimate of drug-likeness (QED) is 0.420. The third-order valence-electron chi connectivity index (χ3n) is 3.55. The molecule has 0 radical (unpaired) electrons. The summed E-state index contributed by atoms with van der Waals surface area (Å²) in [5, 5.41) is 31.7. The summed E-state index contributed by atoms with van der Waals surface area (Å²) in [6, 6.07) is 5.32. The molecule has 2 N–H and O–H groups in total. The molecule has 1 heterocycles. The van der Waals surface area contributed by atoms with Gasteiger partial charge < -0.3 is 20.1 Å². The molecule has 0 aliphatic carbocycles. The van der Waals surface area contributed by atoms with Gasteiger partial charge in [-0.05, 0) is 6.07 Å². The highest BCUT2D eigenvalue weighted by Gasteiger charge is 2.34. The normalized spacial score (nSPS) is 13.6. The van der Waals surface area contributed by atoms with Crippen molar-refractivity contribution in [2.45, 2.75) is 0 Å². The van der Waals surface area contributed by atoms with Crippen LogP contribution in [0.5, 0.6) is 0 Å². The Kier molecular flexibility index (Phi) is 5.31. The van der Waals surface area contributed by atoms with E-state index in [-0.39, 0.29) is 47.9 Å². The highest BCUT2D eigenvalue weighted by Crippen LogP contribution is 2.26. The summed E-state index contributed by atoms with van der Waals surface area (Å²) in [6.07, 6.45) is 0. The van der Waals surface area contributed by atoms with Crippen molar-refractivity contribution in [1.29, 1.82) is 5.26 Å². The number of aliphatic hydroxyl groups is 1. The number of nitriles is 1. The summed E-state index contributed by atoms with van der Waals surface area (Å²) in [4.78, 5) is 35.7. The Morgan fingerprint density at radius 2 is 2.28 bits per heavy atom. The summed E-state index contributed by atoms with van der Waals surface area (Å²) in [6.45, 7) is -0.312. The van der Waals surface area contributed by atoms with E-state index in [4.69, 9.17) is 5.11 Å². The van der Waals surface area contributed by atoms with Crippen LogP contribution in [0, 0.1) is 21.4 Å². The second-order valence-corrected chi connectivity index (χ2v) is 5.02. The lowest BCUT2D eigenvalue weighted by atomic mass is 10.1. The fraction of sp³-hybridized carbons (Fsp3) is 0.267. The molecule has 1 amide bonds. The average molecular weight is 346 g/mol. The summed E-state index contributed by atoms with van der Waals surface area (Å²) in [5.74, 6) is -1.27. The molecule has 130 valence electrons. The first-order valence-corrected chi connectivity index (χ1v) is 7.10. The number of rotatable bonds is 6. The van der Waals surface area contributed by atoms with Crippen LogP contribution in [0.25, 0.3) is 0 Å². The molecule has 0 spiro atoms. The van der Waals surface area contributed by atoms with Crippen LogP contribution in [-0.2, 0) is 14.3 Å². The molecule has 10 nitrogen and oxygen atoms in total. The molecular formula is C15H14N4O6. The number of carbonyl (C=O) groups is 2. The number of nitrogens with zero attached hydrogens (tertiary/aromatic N) is 3. The number of aliphatic hydroxyl groups excluding tert-OH is 1. The van der Waals surface area contributed by atoms with Gasteiger partial charge in [-0.3, -0.25) is 14.9 Å². The number of nitro groups is 1. The highest BCUT2D eigenvalue weighted by molar-refractivity contribution is 6.08. The molecule has 0 atom stereocenters. The van der Waals surface area contributed by atoms with Gasteiger partial charge in [0.25, 0.3) is 11.6 Å². The smallest absolute Gasteiger partial charge is 0.337 e. The van der Waals surface area contributed by atoms with E-state index in [1.807, 2.05) is 0 Å². The van der Waals surface area contributed by atoms with Gasteiger partial charge in [0.05, 0.1) is 42.0 Å². The maximum absolute atomic E-state index is 12.4. The number of hydrogen-bond donors (Lipinski definition) is 2. The van der Waals surface area contributed by atoms with E-state index >= 15 is 0 Å². The zero-order valence-electron chi connectivity index (χ0n) is 13.2. The lowest BCUT2D eigenvalue weighted by molar-refractivity contribution is -0.384. The van der Waals surface area contributed by atoms with Crippen LogP contribution in [0.2, 0.25) is 0 Å². The predicted octanol–water partition coefficient (Wildman–Crippen LogP) is 0.140. The third kappa shape index (κ3) is 3.56. The number of carbonyl (C=O) groups excluding carboxylic acids is 2. The minimum absolute atomic E-state index is 0.0237. The Balaban J connectivity index is 2.42. The zero-order valence-corrected chi connectivity index (χ0v) is 13.2. The van der Waals surface area contributed by atoms with Crippen LogP contribution in [0.15, 0.2) is 29.5 Å². The minimum atomic E-state index is -0.725. The second kappa shape index (κ2) is 7.41. The standard InChI is InChI=1S/C15H14N4O6/c1-25-15(22)11-8-18(4-5-20)14(21)13(11)17-12-3-2-10(19(23)24)6-9(12)7-16/h2-3,6,17,20H,4-5,8H2,1H3. The van der Waals surface area contributed by atoms with Gasteiger partial charge in [-0.15, -0.1) is 0 Å². The molecule has 0 fully saturated rings. The van der Waals surface area contributed by atoms with E-state index < -0.39 is 16.8 Å². The number of methoxy groups -OCH3 is 1. The van der Waals surface area contributed by atoms with Gasteiger partial charge in [0.1, 0.15) is 11.8 Å². The van der Waals surface area contributed by atoms with Gasteiger partial charge in [0.15, 0.2) is 0 Å². The number of nitrogens with one attached hydrogen (secondary N) is 1. The molecule has 1 aliphatic heterocycles. The van der Waals surface area contributed by atoms with Gasteiger partial charge >= 0.3 is 5.97 Å². The molecule has 0 saturated heterocycles. The Labute approximate surface area is 142 Å². The molecule has 10 heteroatoms. The van der Waals surface area contributed by atoms with Crippen molar-refractivity contribution in [3.8, 4) is 6.07 Å². The number of ether oxygens (including phenoxy) is 1. The maximum Gasteiger partial charge on any atom is 0.337 e. The summed E-state index contributed by atoms with van der Waals surface area (Å²) in [5.41, 5.74) is -0.235. The first kappa shape index (κ1) is 17.9. The number of β-amino-alcohol motifs (C(OH)–C–C–N with tert-alkyl or cyclic N) is 1.